The molecule has 1 aromatic carbocycles. The smallest absolute Gasteiger partial charge is 0.237 e. The number of piperidine rings is 1. The minimum Gasteiger partial charge on any atom is -0.354 e. The van der Waals surface area contributed by atoms with Crippen molar-refractivity contribution in [2.45, 2.75) is 44.6 Å². The molecule has 2 fully saturated rings. The summed E-state index contributed by atoms with van der Waals surface area (Å²) in [5.74, 6) is -0.753. The van der Waals surface area contributed by atoms with Gasteiger partial charge in [0.15, 0.2) is 0 Å². The fraction of sp³-hybridized carbons (Fsp3) is 0.600. The van der Waals surface area contributed by atoms with Crippen molar-refractivity contribution in [1.82, 2.24) is 15.5 Å². The Morgan fingerprint density at radius 2 is 2.07 bits per heavy atom. The fourth-order valence-electron chi connectivity index (χ4n) is 3.87. The number of carbonyl (C=O) groups excluding carboxylic acids is 2. The number of likely N-dealkylation sites (tertiary alicyclic amines) is 1. The summed E-state index contributed by atoms with van der Waals surface area (Å²) in [6.45, 7) is 2.73. The number of carbonyl (C=O) groups is 2. The van der Waals surface area contributed by atoms with E-state index in [2.05, 4.69) is 10.6 Å². The van der Waals surface area contributed by atoms with E-state index in [1.54, 1.807) is 4.90 Å². The van der Waals surface area contributed by atoms with Gasteiger partial charge in [0.2, 0.25) is 11.8 Å². The average molecular weight is 379 g/mol. The molecule has 27 heavy (non-hydrogen) atoms. The molecule has 2 N–H and O–H groups in total. The SMILES string of the molecule is O=C(NCC1CCCN(C(=O)CCc2cc(F)ccc2F)C1)C1CCCN1. The third kappa shape index (κ3) is 5.48. The molecule has 148 valence electrons. The van der Waals surface area contributed by atoms with Crippen molar-refractivity contribution < 1.29 is 18.4 Å². The molecule has 0 spiro atoms. The number of halogens is 2. The molecule has 2 heterocycles. The first-order valence-electron chi connectivity index (χ1n) is 9.75. The van der Waals surface area contributed by atoms with Crippen LogP contribution >= 0.6 is 0 Å². The Hall–Kier alpha value is -2.02. The zero-order valence-electron chi connectivity index (χ0n) is 15.5. The lowest BCUT2D eigenvalue weighted by Crippen LogP contribution is -2.46. The van der Waals surface area contributed by atoms with Crippen LogP contribution in [0.5, 0.6) is 0 Å². The van der Waals surface area contributed by atoms with Crippen molar-refractivity contribution in [2.24, 2.45) is 5.92 Å². The van der Waals surface area contributed by atoms with Crippen LogP contribution in [0.15, 0.2) is 18.2 Å². The summed E-state index contributed by atoms with van der Waals surface area (Å²) >= 11 is 0. The molecule has 7 heteroatoms. The number of amides is 2. The Morgan fingerprint density at radius 3 is 2.85 bits per heavy atom. The van der Waals surface area contributed by atoms with Crippen LogP contribution in [0.1, 0.15) is 37.7 Å². The largest absolute Gasteiger partial charge is 0.354 e. The molecule has 0 bridgehead atoms. The number of rotatable bonds is 6. The molecule has 0 radical (unpaired) electrons. The van der Waals surface area contributed by atoms with Gasteiger partial charge in [-0.2, -0.15) is 0 Å². The summed E-state index contributed by atoms with van der Waals surface area (Å²) in [6.07, 6.45) is 4.11. The van der Waals surface area contributed by atoms with Gasteiger partial charge in [0.25, 0.3) is 0 Å². The molecular formula is C20H27F2N3O2. The highest BCUT2D eigenvalue weighted by Gasteiger charge is 2.26. The molecule has 2 aliphatic heterocycles. The zero-order valence-corrected chi connectivity index (χ0v) is 15.5. The molecule has 3 rings (SSSR count). The summed E-state index contributed by atoms with van der Waals surface area (Å²) in [5.41, 5.74) is 0.230. The number of aryl methyl sites for hydroxylation is 1. The van der Waals surface area contributed by atoms with Crippen molar-refractivity contribution >= 4 is 11.8 Å². The van der Waals surface area contributed by atoms with Crippen molar-refractivity contribution in [1.29, 1.82) is 0 Å². The summed E-state index contributed by atoms with van der Waals surface area (Å²) in [4.78, 5) is 26.4. The minimum atomic E-state index is -0.496. The Labute approximate surface area is 158 Å². The lowest BCUT2D eigenvalue weighted by molar-refractivity contribution is -0.132. The predicted octanol–water partition coefficient (Wildman–Crippen LogP) is 2.00. The van der Waals surface area contributed by atoms with E-state index in [9.17, 15) is 18.4 Å². The van der Waals surface area contributed by atoms with Crippen LogP contribution in [0.3, 0.4) is 0 Å². The second-order valence-corrected chi connectivity index (χ2v) is 7.48. The second-order valence-electron chi connectivity index (χ2n) is 7.48. The molecule has 0 aliphatic carbocycles. The van der Waals surface area contributed by atoms with Gasteiger partial charge in [-0.25, -0.2) is 8.78 Å². The van der Waals surface area contributed by atoms with Gasteiger partial charge in [-0.3, -0.25) is 9.59 Å². The van der Waals surface area contributed by atoms with E-state index in [1.807, 2.05) is 0 Å². The number of nitrogens with zero attached hydrogens (tertiary/aromatic N) is 1. The fourth-order valence-corrected chi connectivity index (χ4v) is 3.87. The van der Waals surface area contributed by atoms with Gasteiger partial charge in [0.05, 0.1) is 6.04 Å². The average Bonchev–Trinajstić information content (AvgIpc) is 3.21. The summed E-state index contributed by atoms with van der Waals surface area (Å²) in [7, 11) is 0. The lowest BCUT2D eigenvalue weighted by atomic mass is 9.97. The number of hydrogen-bond acceptors (Lipinski definition) is 3. The van der Waals surface area contributed by atoms with E-state index in [-0.39, 0.29) is 42.2 Å². The lowest BCUT2D eigenvalue weighted by Gasteiger charge is -2.33. The highest BCUT2D eigenvalue weighted by molar-refractivity contribution is 5.82. The Kier molecular flexibility index (Phi) is 6.77. The maximum absolute atomic E-state index is 13.7. The van der Waals surface area contributed by atoms with Crippen LogP contribution in [0, 0.1) is 17.6 Å². The third-order valence-electron chi connectivity index (χ3n) is 5.43. The molecule has 2 saturated heterocycles. The van der Waals surface area contributed by atoms with Gasteiger partial charge in [0.1, 0.15) is 11.6 Å². The van der Waals surface area contributed by atoms with E-state index in [4.69, 9.17) is 0 Å². The first kappa shape index (κ1) is 19.7. The number of benzene rings is 1. The van der Waals surface area contributed by atoms with Gasteiger partial charge in [-0.15, -0.1) is 0 Å². The van der Waals surface area contributed by atoms with Crippen LogP contribution in [0.25, 0.3) is 0 Å². The minimum absolute atomic E-state index is 0.0394. The molecular weight excluding hydrogens is 352 g/mol. The Morgan fingerprint density at radius 1 is 1.22 bits per heavy atom. The van der Waals surface area contributed by atoms with Crippen LogP contribution in [-0.4, -0.2) is 48.9 Å². The van der Waals surface area contributed by atoms with Gasteiger partial charge < -0.3 is 15.5 Å². The van der Waals surface area contributed by atoms with Crippen molar-refractivity contribution in [3.8, 4) is 0 Å². The molecule has 2 unspecified atom stereocenters. The second kappa shape index (κ2) is 9.26. The van der Waals surface area contributed by atoms with Crippen molar-refractivity contribution in [3.05, 3.63) is 35.4 Å². The molecule has 0 saturated carbocycles. The highest BCUT2D eigenvalue weighted by Crippen LogP contribution is 2.18. The first-order valence-corrected chi connectivity index (χ1v) is 9.75. The van der Waals surface area contributed by atoms with E-state index in [0.717, 1.165) is 50.4 Å². The van der Waals surface area contributed by atoms with E-state index in [0.29, 0.717) is 19.6 Å². The molecule has 0 aromatic heterocycles. The highest BCUT2D eigenvalue weighted by atomic mass is 19.1. The van der Waals surface area contributed by atoms with Crippen LogP contribution in [-0.2, 0) is 16.0 Å². The quantitative estimate of drug-likeness (QED) is 0.795. The van der Waals surface area contributed by atoms with E-state index in [1.165, 1.54) is 0 Å². The molecule has 2 aliphatic rings. The van der Waals surface area contributed by atoms with Crippen LogP contribution in [0.4, 0.5) is 8.78 Å². The van der Waals surface area contributed by atoms with Crippen LogP contribution in [0.2, 0.25) is 0 Å². The standard InChI is InChI=1S/C20H27F2N3O2/c21-16-6-7-17(22)15(11-16)5-8-19(26)25-10-2-3-14(13-25)12-24-20(27)18-4-1-9-23-18/h6-7,11,14,18,23H,1-5,8-10,12-13H2,(H,24,27). The maximum atomic E-state index is 13.7. The normalized spacial score (nSPS) is 22.7. The van der Waals surface area contributed by atoms with E-state index >= 15 is 0 Å². The number of hydrogen-bond donors (Lipinski definition) is 2. The van der Waals surface area contributed by atoms with E-state index < -0.39 is 11.6 Å². The Balaban J connectivity index is 1.44. The van der Waals surface area contributed by atoms with Gasteiger partial charge in [-0.05, 0) is 68.3 Å². The van der Waals surface area contributed by atoms with Crippen molar-refractivity contribution in [3.63, 3.8) is 0 Å². The molecule has 5 nitrogen and oxygen atoms in total. The molecule has 1 aromatic rings. The maximum Gasteiger partial charge on any atom is 0.237 e. The van der Waals surface area contributed by atoms with Gasteiger partial charge in [-0.1, -0.05) is 0 Å². The van der Waals surface area contributed by atoms with Gasteiger partial charge in [0, 0.05) is 26.1 Å². The molecule has 2 atom stereocenters. The summed E-state index contributed by atoms with van der Waals surface area (Å²) in [6, 6.07) is 3.22. The monoisotopic (exact) mass is 379 g/mol. The summed E-state index contributed by atoms with van der Waals surface area (Å²) < 4.78 is 26.9. The third-order valence-corrected chi connectivity index (χ3v) is 5.43. The molecule has 2 amide bonds. The Bertz CT molecular complexity index is 677. The number of nitrogens with one attached hydrogen (secondary N) is 2. The predicted molar refractivity (Wildman–Crippen MR) is 98.0 cm³/mol. The first-order chi connectivity index (χ1) is 13.0. The van der Waals surface area contributed by atoms with Crippen LogP contribution < -0.4 is 10.6 Å². The van der Waals surface area contributed by atoms with Crippen molar-refractivity contribution in [2.75, 3.05) is 26.2 Å². The zero-order chi connectivity index (χ0) is 19.2. The topological polar surface area (TPSA) is 61.4 Å². The summed E-state index contributed by atoms with van der Waals surface area (Å²) in [5, 5.41) is 6.17. The van der Waals surface area contributed by atoms with Gasteiger partial charge >= 0.3 is 0 Å².